The molecule has 0 amide bonds. The van der Waals surface area contributed by atoms with Crippen LogP contribution < -0.4 is 4.74 Å². The van der Waals surface area contributed by atoms with Gasteiger partial charge < -0.3 is 4.74 Å². The van der Waals surface area contributed by atoms with E-state index in [2.05, 4.69) is 18.1 Å². The van der Waals surface area contributed by atoms with E-state index in [0.29, 0.717) is 0 Å². The molecule has 0 unspecified atom stereocenters. The molecule has 1 aromatic carbocycles. The Hall–Kier alpha value is -2.10. The monoisotopic (exact) mass is 272 g/mol. The van der Waals surface area contributed by atoms with Crippen molar-refractivity contribution in [2.45, 2.75) is 34.6 Å². The van der Waals surface area contributed by atoms with Crippen molar-refractivity contribution in [3.8, 4) is 5.75 Å². The van der Waals surface area contributed by atoms with Crippen LogP contribution >= 0.6 is 0 Å². The second kappa shape index (κ2) is 5.49. The third kappa shape index (κ3) is 2.90. The van der Waals surface area contributed by atoms with Gasteiger partial charge in [0, 0.05) is 5.69 Å². The highest BCUT2D eigenvalue weighted by atomic mass is 16.5. The van der Waals surface area contributed by atoms with Crippen molar-refractivity contribution >= 4 is 5.91 Å². The predicted octanol–water partition coefficient (Wildman–Crippen LogP) is 3.14. The number of aryl methyl sites for hydroxylation is 5. The van der Waals surface area contributed by atoms with Gasteiger partial charge in [-0.1, -0.05) is 6.07 Å². The quantitative estimate of drug-likeness (QED) is 0.862. The van der Waals surface area contributed by atoms with Gasteiger partial charge in [0.2, 0.25) is 0 Å². The second-order valence-corrected chi connectivity index (χ2v) is 5.22. The predicted molar refractivity (Wildman–Crippen MR) is 78.5 cm³/mol. The highest BCUT2D eigenvalue weighted by Gasteiger charge is 2.12. The third-order valence-electron chi connectivity index (χ3n) is 3.39. The summed E-state index contributed by atoms with van der Waals surface area (Å²) in [5.74, 6) is 0.594. The number of aromatic nitrogens is 2. The van der Waals surface area contributed by atoms with Crippen LogP contribution in [0.15, 0.2) is 18.2 Å². The number of benzene rings is 1. The molecular weight excluding hydrogens is 252 g/mol. The Labute approximate surface area is 119 Å². The summed E-state index contributed by atoms with van der Waals surface area (Å²) < 4.78 is 7.04. The molecule has 0 bridgehead atoms. The Balaban J connectivity index is 2.11. The smallest absolute Gasteiger partial charge is 0.284 e. The van der Waals surface area contributed by atoms with E-state index >= 15 is 0 Å². The molecule has 20 heavy (non-hydrogen) atoms. The third-order valence-corrected chi connectivity index (χ3v) is 3.39. The van der Waals surface area contributed by atoms with E-state index in [-0.39, 0.29) is 12.5 Å². The van der Waals surface area contributed by atoms with Crippen molar-refractivity contribution in [3.63, 3.8) is 0 Å². The van der Waals surface area contributed by atoms with Crippen LogP contribution in [0.1, 0.15) is 32.9 Å². The topological polar surface area (TPSA) is 44.1 Å². The average molecular weight is 272 g/mol. The Morgan fingerprint density at radius 1 is 1.05 bits per heavy atom. The van der Waals surface area contributed by atoms with Crippen LogP contribution in [0.5, 0.6) is 5.75 Å². The molecule has 2 aromatic rings. The SMILES string of the molecule is Cc1cc(C)n(C(=O)COc2cc(C)c(C)cc2C)n1. The van der Waals surface area contributed by atoms with Gasteiger partial charge in [0.05, 0.1) is 5.69 Å². The van der Waals surface area contributed by atoms with Gasteiger partial charge >= 0.3 is 0 Å². The molecule has 4 nitrogen and oxygen atoms in total. The molecule has 0 radical (unpaired) electrons. The highest BCUT2D eigenvalue weighted by molar-refractivity contribution is 5.80. The summed E-state index contributed by atoms with van der Waals surface area (Å²) in [5, 5.41) is 4.16. The van der Waals surface area contributed by atoms with Gasteiger partial charge in [0.1, 0.15) is 5.75 Å². The van der Waals surface area contributed by atoms with Crippen molar-refractivity contribution in [3.05, 3.63) is 46.3 Å². The molecule has 0 spiro atoms. The molecule has 106 valence electrons. The lowest BCUT2D eigenvalue weighted by atomic mass is 10.1. The van der Waals surface area contributed by atoms with Crippen molar-refractivity contribution < 1.29 is 9.53 Å². The molecule has 0 saturated carbocycles. The van der Waals surface area contributed by atoms with E-state index in [1.165, 1.54) is 10.2 Å². The number of hydrogen-bond donors (Lipinski definition) is 0. The van der Waals surface area contributed by atoms with Crippen molar-refractivity contribution in [2.24, 2.45) is 0 Å². The van der Waals surface area contributed by atoms with Crippen molar-refractivity contribution in [2.75, 3.05) is 6.61 Å². The van der Waals surface area contributed by atoms with E-state index < -0.39 is 0 Å². The fraction of sp³-hybridized carbons (Fsp3) is 0.375. The molecule has 1 heterocycles. The minimum Gasteiger partial charge on any atom is -0.483 e. The molecule has 0 saturated heterocycles. The summed E-state index contributed by atoms with van der Waals surface area (Å²) in [5.41, 5.74) is 5.07. The standard InChI is InChI=1S/C16H20N2O2/c1-10-6-12(3)15(7-11(10)2)20-9-16(19)18-14(5)8-13(4)17-18/h6-8H,9H2,1-5H3. The molecule has 0 fully saturated rings. The van der Waals surface area contributed by atoms with Crippen LogP contribution in [-0.2, 0) is 0 Å². The van der Waals surface area contributed by atoms with Crippen LogP contribution in [0.3, 0.4) is 0 Å². The van der Waals surface area contributed by atoms with Gasteiger partial charge in [-0.2, -0.15) is 5.10 Å². The van der Waals surface area contributed by atoms with E-state index in [1.54, 1.807) is 0 Å². The number of hydrogen-bond acceptors (Lipinski definition) is 3. The molecule has 0 N–H and O–H groups in total. The average Bonchev–Trinajstić information content (AvgIpc) is 2.71. The zero-order valence-corrected chi connectivity index (χ0v) is 12.7. The number of nitrogens with zero attached hydrogens (tertiary/aromatic N) is 2. The number of ether oxygens (including phenoxy) is 1. The maximum atomic E-state index is 12.1. The molecule has 0 aliphatic heterocycles. The summed E-state index contributed by atoms with van der Waals surface area (Å²) >= 11 is 0. The van der Waals surface area contributed by atoms with E-state index in [9.17, 15) is 4.79 Å². The van der Waals surface area contributed by atoms with Crippen LogP contribution in [0.25, 0.3) is 0 Å². The normalized spacial score (nSPS) is 10.7. The van der Waals surface area contributed by atoms with Crippen molar-refractivity contribution in [1.82, 2.24) is 9.78 Å². The van der Waals surface area contributed by atoms with Gasteiger partial charge in [-0.15, -0.1) is 0 Å². The summed E-state index contributed by atoms with van der Waals surface area (Å²) in [6, 6.07) is 5.91. The summed E-state index contributed by atoms with van der Waals surface area (Å²) in [6.07, 6.45) is 0. The summed E-state index contributed by atoms with van der Waals surface area (Å²) in [6.45, 7) is 9.79. The van der Waals surface area contributed by atoms with Crippen LogP contribution in [-0.4, -0.2) is 22.3 Å². The first-order chi connectivity index (χ1) is 9.38. The van der Waals surface area contributed by atoms with E-state index in [1.807, 2.05) is 39.8 Å². The van der Waals surface area contributed by atoms with Gasteiger partial charge in [-0.25, -0.2) is 4.68 Å². The number of rotatable bonds is 3. The Kier molecular flexibility index (Phi) is 3.93. The fourth-order valence-corrected chi connectivity index (χ4v) is 2.17. The minimum atomic E-state index is -0.159. The lowest BCUT2D eigenvalue weighted by Gasteiger charge is -2.11. The van der Waals surface area contributed by atoms with Gasteiger partial charge in [-0.3, -0.25) is 4.79 Å². The Bertz CT molecular complexity index is 657. The first-order valence-electron chi connectivity index (χ1n) is 6.65. The second-order valence-electron chi connectivity index (χ2n) is 5.22. The number of carbonyl (C=O) groups excluding carboxylic acids is 1. The fourth-order valence-electron chi connectivity index (χ4n) is 2.17. The Morgan fingerprint density at radius 3 is 2.30 bits per heavy atom. The molecule has 1 aromatic heterocycles. The summed E-state index contributed by atoms with van der Waals surface area (Å²) in [4.78, 5) is 12.1. The van der Waals surface area contributed by atoms with Gasteiger partial charge in [0.15, 0.2) is 6.61 Å². The molecule has 2 rings (SSSR count). The van der Waals surface area contributed by atoms with Gasteiger partial charge in [0.25, 0.3) is 5.91 Å². The first kappa shape index (κ1) is 14.3. The summed E-state index contributed by atoms with van der Waals surface area (Å²) in [7, 11) is 0. The molecule has 0 aliphatic rings. The van der Waals surface area contributed by atoms with E-state index in [4.69, 9.17) is 4.74 Å². The van der Waals surface area contributed by atoms with E-state index in [0.717, 1.165) is 28.3 Å². The lowest BCUT2D eigenvalue weighted by molar-refractivity contribution is 0.0817. The van der Waals surface area contributed by atoms with Crippen LogP contribution in [0, 0.1) is 34.6 Å². The minimum absolute atomic E-state index is 0.00863. The zero-order chi connectivity index (χ0) is 14.9. The maximum Gasteiger partial charge on any atom is 0.284 e. The highest BCUT2D eigenvalue weighted by Crippen LogP contribution is 2.22. The molecule has 0 aliphatic carbocycles. The molecule has 0 atom stereocenters. The number of carbonyl (C=O) groups is 1. The van der Waals surface area contributed by atoms with Crippen LogP contribution in [0.2, 0.25) is 0 Å². The molecule has 4 heteroatoms. The van der Waals surface area contributed by atoms with Crippen molar-refractivity contribution in [1.29, 1.82) is 0 Å². The molecular formula is C16H20N2O2. The Morgan fingerprint density at radius 2 is 1.70 bits per heavy atom. The van der Waals surface area contributed by atoms with Crippen LogP contribution in [0.4, 0.5) is 0 Å². The lowest BCUT2D eigenvalue weighted by Crippen LogP contribution is -2.21. The zero-order valence-electron chi connectivity index (χ0n) is 12.7. The maximum absolute atomic E-state index is 12.1. The largest absolute Gasteiger partial charge is 0.483 e. The first-order valence-corrected chi connectivity index (χ1v) is 6.65. The van der Waals surface area contributed by atoms with Gasteiger partial charge in [-0.05, 0) is 63.4 Å².